The van der Waals surface area contributed by atoms with E-state index < -0.39 is 0 Å². The van der Waals surface area contributed by atoms with Crippen LogP contribution >= 0.6 is 0 Å². The smallest absolute Gasteiger partial charge is 0.239 e. The first-order valence-corrected chi connectivity index (χ1v) is 5.82. The van der Waals surface area contributed by atoms with E-state index in [-0.39, 0.29) is 23.9 Å². The number of carbonyl (C=O) groups excluding carboxylic acids is 2. The summed E-state index contributed by atoms with van der Waals surface area (Å²) in [5.41, 5.74) is 5.78. The van der Waals surface area contributed by atoms with Crippen molar-refractivity contribution in [2.75, 3.05) is 13.6 Å². The van der Waals surface area contributed by atoms with E-state index in [1.54, 1.807) is 7.05 Å². The van der Waals surface area contributed by atoms with E-state index >= 15 is 0 Å². The molecule has 0 unspecified atom stereocenters. The Morgan fingerprint density at radius 1 is 1.19 bits per heavy atom. The molecule has 0 atom stereocenters. The summed E-state index contributed by atoms with van der Waals surface area (Å²) in [6.45, 7) is 0.0331. The Morgan fingerprint density at radius 2 is 1.81 bits per heavy atom. The second kappa shape index (κ2) is 5.84. The fraction of sp³-hybridized carbons (Fsp3) is 0.818. The van der Waals surface area contributed by atoms with Crippen LogP contribution in [0.25, 0.3) is 0 Å². The molecular weight excluding hydrogens is 206 g/mol. The lowest BCUT2D eigenvalue weighted by Crippen LogP contribution is -2.47. The number of nitrogens with one attached hydrogen (secondary N) is 2. The highest BCUT2D eigenvalue weighted by Gasteiger charge is 2.29. The molecule has 16 heavy (non-hydrogen) atoms. The molecule has 0 heterocycles. The first-order chi connectivity index (χ1) is 7.56. The van der Waals surface area contributed by atoms with Gasteiger partial charge in [0, 0.05) is 19.0 Å². The SMILES string of the molecule is CNC(=O)CNC(=O)CC1(N)CCCCC1. The molecule has 5 heteroatoms. The van der Waals surface area contributed by atoms with Crippen LogP contribution in [-0.2, 0) is 9.59 Å². The molecule has 5 nitrogen and oxygen atoms in total. The molecule has 0 spiro atoms. The van der Waals surface area contributed by atoms with Crippen LogP contribution in [0.5, 0.6) is 0 Å². The highest BCUT2D eigenvalue weighted by atomic mass is 16.2. The molecule has 92 valence electrons. The van der Waals surface area contributed by atoms with Gasteiger partial charge in [-0.25, -0.2) is 0 Å². The lowest BCUT2D eigenvalue weighted by atomic mass is 9.80. The largest absolute Gasteiger partial charge is 0.358 e. The van der Waals surface area contributed by atoms with Crippen molar-refractivity contribution >= 4 is 11.8 Å². The molecule has 0 saturated heterocycles. The number of likely N-dealkylation sites (N-methyl/N-ethyl adjacent to an activating group) is 1. The van der Waals surface area contributed by atoms with Crippen molar-refractivity contribution < 1.29 is 9.59 Å². The third kappa shape index (κ3) is 4.18. The number of hydrogen-bond donors (Lipinski definition) is 3. The van der Waals surface area contributed by atoms with Crippen LogP contribution in [0, 0.1) is 0 Å². The van der Waals surface area contributed by atoms with Crippen LogP contribution < -0.4 is 16.4 Å². The van der Waals surface area contributed by atoms with E-state index in [4.69, 9.17) is 5.73 Å². The normalized spacial score (nSPS) is 18.9. The molecule has 1 saturated carbocycles. The molecule has 1 fully saturated rings. The zero-order valence-electron chi connectivity index (χ0n) is 9.84. The van der Waals surface area contributed by atoms with Crippen LogP contribution in [-0.4, -0.2) is 30.9 Å². The first kappa shape index (κ1) is 13.0. The molecule has 1 rings (SSSR count). The van der Waals surface area contributed by atoms with Crippen molar-refractivity contribution in [2.45, 2.75) is 44.1 Å². The average Bonchev–Trinajstić information content (AvgIpc) is 2.26. The minimum absolute atomic E-state index is 0.0331. The van der Waals surface area contributed by atoms with Crippen LogP contribution in [0.2, 0.25) is 0 Å². The maximum atomic E-state index is 11.6. The monoisotopic (exact) mass is 227 g/mol. The Hall–Kier alpha value is -1.10. The Labute approximate surface area is 96.1 Å². The van der Waals surface area contributed by atoms with Gasteiger partial charge in [-0.05, 0) is 12.8 Å². The fourth-order valence-electron chi connectivity index (χ4n) is 2.08. The van der Waals surface area contributed by atoms with Gasteiger partial charge in [0.15, 0.2) is 0 Å². The summed E-state index contributed by atoms with van der Waals surface area (Å²) < 4.78 is 0. The predicted octanol–water partition coefficient (Wildman–Crippen LogP) is -0.0997. The van der Waals surface area contributed by atoms with E-state index in [2.05, 4.69) is 10.6 Å². The molecule has 0 aliphatic heterocycles. The van der Waals surface area contributed by atoms with Crippen molar-refractivity contribution in [2.24, 2.45) is 5.73 Å². The quantitative estimate of drug-likeness (QED) is 0.627. The summed E-state index contributed by atoms with van der Waals surface area (Å²) >= 11 is 0. The Kier molecular flexibility index (Phi) is 4.73. The van der Waals surface area contributed by atoms with Gasteiger partial charge in [-0.3, -0.25) is 9.59 Å². The second-order valence-electron chi connectivity index (χ2n) is 4.55. The number of rotatable bonds is 4. The van der Waals surface area contributed by atoms with Crippen molar-refractivity contribution in [3.05, 3.63) is 0 Å². The van der Waals surface area contributed by atoms with Crippen LogP contribution in [0.1, 0.15) is 38.5 Å². The Balaban J connectivity index is 2.29. The number of amides is 2. The average molecular weight is 227 g/mol. The summed E-state index contributed by atoms with van der Waals surface area (Å²) in [7, 11) is 1.54. The van der Waals surface area contributed by atoms with Crippen LogP contribution in [0.4, 0.5) is 0 Å². The standard InChI is InChI=1S/C11H21N3O2/c1-13-10(16)8-14-9(15)7-11(12)5-3-2-4-6-11/h2-8,12H2,1H3,(H,13,16)(H,14,15). The molecule has 4 N–H and O–H groups in total. The van der Waals surface area contributed by atoms with Crippen LogP contribution in [0.15, 0.2) is 0 Å². The number of carbonyl (C=O) groups is 2. The van der Waals surface area contributed by atoms with E-state index in [9.17, 15) is 9.59 Å². The molecular formula is C11H21N3O2. The second-order valence-corrected chi connectivity index (χ2v) is 4.55. The highest BCUT2D eigenvalue weighted by molar-refractivity contribution is 5.84. The Morgan fingerprint density at radius 3 is 2.38 bits per heavy atom. The minimum atomic E-state index is -0.356. The molecule has 1 aliphatic carbocycles. The van der Waals surface area contributed by atoms with E-state index in [0.717, 1.165) is 25.7 Å². The highest BCUT2D eigenvalue weighted by Crippen LogP contribution is 2.28. The van der Waals surface area contributed by atoms with Gasteiger partial charge in [0.25, 0.3) is 0 Å². The van der Waals surface area contributed by atoms with Gasteiger partial charge < -0.3 is 16.4 Å². The molecule has 0 aromatic heterocycles. The molecule has 0 aromatic rings. The number of nitrogens with two attached hydrogens (primary N) is 1. The fourth-order valence-corrected chi connectivity index (χ4v) is 2.08. The maximum absolute atomic E-state index is 11.6. The van der Waals surface area contributed by atoms with Gasteiger partial charge in [-0.2, -0.15) is 0 Å². The van der Waals surface area contributed by atoms with E-state index in [1.165, 1.54) is 6.42 Å². The summed E-state index contributed by atoms with van der Waals surface area (Å²) in [6, 6.07) is 0. The minimum Gasteiger partial charge on any atom is -0.358 e. The summed E-state index contributed by atoms with van der Waals surface area (Å²) in [6.07, 6.45) is 5.53. The van der Waals surface area contributed by atoms with Crippen molar-refractivity contribution in [3.63, 3.8) is 0 Å². The predicted molar refractivity (Wildman–Crippen MR) is 61.7 cm³/mol. The molecule has 2 amide bonds. The first-order valence-electron chi connectivity index (χ1n) is 5.82. The van der Waals surface area contributed by atoms with E-state index in [1.807, 2.05) is 0 Å². The lowest BCUT2D eigenvalue weighted by Gasteiger charge is -2.32. The maximum Gasteiger partial charge on any atom is 0.239 e. The summed E-state index contributed by atoms with van der Waals surface area (Å²) in [5, 5.41) is 5.02. The van der Waals surface area contributed by atoms with Gasteiger partial charge >= 0.3 is 0 Å². The van der Waals surface area contributed by atoms with Gasteiger partial charge in [-0.15, -0.1) is 0 Å². The molecule has 1 aliphatic rings. The molecule has 0 aromatic carbocycles. The van der Waals surface area contributed by atoms with Gasteiger partial charge in [0.1, 0.15) is 0 Å². The van der Waals surface area contributed by atoms with Crippen molar-refractivity contribution in [3.8, 4) is 0 Å². The summed E-state index contributed by atoms with van der Waals surface area (Å²) in [5.74, 6) is -0.323. The number of hydrogen-bond acceptors (Lipinski definition) is 3. The van der Waals surface area contributed by atoms with Crippen molar-refractivity contribution in [1.29, 1.82) is 0 Å². The van der Waals surface area contributed by atoms with Gasteiger partial charge in [0.2, 0.25) is 11.8 Å². The third-order valence-electron chi connectivity index (χ3n) is 3.09. The van der Waals surface area contributed by atoms with Gasteiger partial charge in [-0.1, -0.05) is 19.3 Å². The Bertz CT molecular complexity index is 260. The zero-order valence-corrected chi connectivity index (χ0v) is 9.84. The zero-order chi connectivity index (χ0) is 12.0. The molecule has 0 bridgehead atoms. The lowest BCUT2D eigenvalue weighted by molar-refractivity contribution is -0.126. The third-order valence-corrected chi connectivity index (χ3v) is 3.09. The van der Waals surface area contributed by atoms with Gasteiger partial charge in [0.05, 0.1) is 6.54 Å². The van der Waals surface area contributed by atoms with Crippen LogP contribution in [0.3, 0.4) is 0 Å². The summed E-state index contributed by atoms with van der Waals surface area (Å²) in [4.78, 5) is 22.5. The van der Waals surface area contributed by atoms with Crippen molar-refractivity contribution in [1.82, 2.24) is 10.6 Å². The molecule has 0 radical (unpaired) electrons. The topological polar surface area (TPSA) is 84.2 Å². The van der Waals surface area contributed by atoms with E-state index in [0.29, 0.717) is 6.42 Å².